The van der Waals surface area contributed by atoms with E-state index in [4.69, 9.17) is 4.74 Å². The number of piperazine rings is 1. The van der Waals surface area contributed by atoms with Crippen LogP contribution in [-0.2, 0) is 16.4 Å². The zero-order chi connectivity index (χ0) is 19.3. The van der Waals surface area contributed by atoms with Gasteiger partial charge in [0.15, 0.2) is 0 Å². The van der Waals surface area contributed by atoms with Gasteiger partial charge >= 0.3 is 0 Å². The molecule has 1 aliphatic rings. The number of benzene rings is 2. The first-order valence-electron chi connectivity index (χ1n) is 9.52. The Morgan fingerprint density at radius 1 is 0.926 bits per heavy atom. The lowest BCUT2D eigenvalue weighted by atomic mass is 10.1. The predicted octanol–water partition coefficient (Wildman–Crippen LogP) is 3.55. The first kappa shape index (κ1) is 19.7. The van der Waals surface area contributed by atoms with E-state index in [1.165, 1.54) is 5.56 Å². The molecule has 5 nitrogen and oxygen atoms in total. The van der Waals surface area contributed by atoms with Crippen LogP contribution in [0.1, 0.15) is 25.3 Å². The van der Waals surface area contributed by atoms with Crippen molar-refractivity contribution >= 4 is 15.7 Å². The van der Waals surface area contributed by atoms with Gasteiger partial charge in [0, 0.05) is 31.9 Å². The Morgan fingerprint density at radius 2 is 1.56 bits per heavy atom. The van der Waals surface area contributed by atoms with Gasteiger partial charge in [-0.3, -0.25) is 0 Å². The molecule has 0 N–H and O–H groups in total. The van der Waals surface area contributed by atoms with Gasteiger partial charge in [0.25, 0.3) is 0 Å². The third-order valence-electron chi connectivity index (χ3n) is 5.06. The molecule has 1 saturated heterocycles. The Bertz CT molecular complexity index is 825. The fourth-order valence-corrected chi connectivity index (χ4v) is 4.76. The van der Waals surface area contributed by atoms with E-state index in [0.717, 1.165) is 30.7 Å². The van der Waals surface area contributed by atoms with Crippen molar-refractivity contribution in [2.75, 3.05) is 38.2 Å². The molecule has 0 unspecified atom stereocenters. The van der Waals surface area contributed by atoms with Crippen molar-refractivity contribution in [1.82, 2.24) is 4.31 Å². The molecule has 6 heteroatoms. The summed E-state index contributed by atoms with van der Waals surface area (Å²) in [6.07, 6.45) is 3.26. The first-order chi connectivity index (χ1) is 13.0. The Balaban J connectivity index is 1.63. The number of sulfonamides is 1. The van der Waals surface area contributed by atoms with Gasteiger partial charge in [0.05, 0.1) is 12.0 Å². The molecule has 0 amide bonds. The van der Waals surface area contributed by atoms with E-state index in [1.807, 2.05) is 36.4 Å². The summed E-state index contributed by atoms with van der Waals surface area (Å²) >= 11 is 0. The summed E-state index contributed by atoms with van der Waals surface area (Å²) in [5.41, 5.74) is 2.29. The van der Waals surface area contributed by atoms with E-state index in [1.54, 1.807) is 23.5 Å². The van der Waals surface area contributed by atoms with E-state index in [9.17, 15) is 8.42 Å². The number of hydrogen-bond donors (Lipinski definition) is 0. The van der Waals surface area contributed by atoms with E-state index in [2.05, 4.69) is 11.8 Å². The average Bonchev–Trinajstić information content (AvgIpc) is 2.72. The highest BCUT2D eigenvalue weighted by atomic mass is 32.2. The first-order valence-corrected chi connectivity index (χ1v) is 11.0. The molecule has 1 aliphatic heterocycles. The minimum atomic E-state index is -3.43. The van der Waals surface area contributed by atoms with Crippen LogP contribution in [0.4, 0.5) is 5.69 Å². The fraction of sp³-hybridized carbons (Fsp3) is 0.429. The Morgan fingerprint density at radius 3 is 2.11 bits per heavy atom. The molecule has 146 valence electrons. The molecule has 1 heterocycles. The van der Waals surface area contributed by atoms with Crippen LogP contribution in [0.15, 0.2) is 53.4 Å². The summed E-state index contributed by atoms with van der Waals surface area (Å²) in [6.45, 7) is 4.50. The molecule has 0 radical (unpaired) electrons. The summed E-state index contributed by atoms with van der Waals surface area (Å²) < 4.78 is 32.6. The van der Waals surface area contributed by atoms with Gasteiger partial charge < -0.3 is 9.64 Å². The predicted molar refractivity (Wildman–Crippen MR) is 109 cm³/mol. The van der Waals surface area contributed by atoms with Crippen molar-refractivity contribution in [3.63, 3.8) is 0 Å². The lowest BCUT2D eigenvalue weighted by Crippen LogP contribution is -2.48. The normalized spacial score (nSPS) is 15.7. The van der Waals surface area contributed by atoms with E-state index in [0.29, 0.717) is 31.1 Å². The zero-order valence-electron chi connectivity index (χ0n) is 16.1. The number of ether oxygens (including phenoxy) is 1. The molecule has 1 fully saturated rings. The maximum absolute atomic E-state index is 12.9. The summed E-state index contributed by atoms with van der Waals surface area (Å²) in [5.74, 6) is 0.822. The van der Waals surface area contributed by atoms with Crippen LogP contribution in [-0.4, -0.2) is 46.0 Å². The van der Waals surface area contributed by atoms with Crippen molar-refractivity contribution < 1.29 is 13.2 Å². The van der Waals surface area contributed by atoms with Gasteiger partial charge in [0.1, 0.15) is 5.75 Å². The van der Waals surface area contributed by atoms with Crippen molar-refractivity contribution in [2.45, 2.75) is 31.1 Å². The molecular weight excluding hydrogens is 360 g/mol. The number of methoxy groups -OCH3 is 1. The van der Waals surface area contributed by atoms with Gasteiger partial charge in [-0.05, 0) is 54.8 Å². The van der Waals surface area contributed by atoms with Crippen molar-refractivity contribution in [1.29, 1.82) is 0 Å². The molecule has 0 bridgehead atoms. The summed E-state index contributed by atoms with van der Waals surface area (Å²) in [7, 11) is -1.78. The standard InChI is InChI=1S/C21H28N2O3S/c1-3-4-5-18-6-12-21(13-7-18)27(24,25)23-16-14-22(15-17-23)19-8-10-20(26-2)11-9-19/h6-13H,3-5,14-17H2,1-2H3. The fourth-order valence-electron chi connectivity index (χ4n) is 3.34. The minimum Gasteiger partial charge on any atom is -0.497 e. The number of hydrogen-bond acceptors (Lipinski definition) is 4. The summed E-state index contributed by atoms with van der Waals surface area (Å²) in [6, 6.07) is 15.3. The van der Waals surface area contributed by atoms with Gasteiger partial charge in [-0.1, -0.05) is 25.5 Å². The largest absolute Gasteiger partial charge is 0.497 e. The van der Waals surface area contributed by atoms with Gasteiger partial charge in [-0.15, -0.1) is 0 Å². The second-order valence-corrected chi connectivity index (χ2v) is 8.77. The Labute approximate surface area is 162 Å². The van der Waals surface area contributed by atoms with Crippen molar-refractivity contribution in [2.24, 2.45) is 0 Å². The monoisotopic (exact) mass is 388 g/mol. The van der Waals surface area contributed by atoms with Crippen LogP contribution in [0.5, 0.6) is 5.75 Å². The highest BCUT2D eigenvalue weighted by Crippen LogP contribution is 2.23. The van der Waals surface area contributed by atoms with Crippen LogP contribution >= 0.6 is 0 Å². The number of nitrogens with zero attached hydrogens (tertiary/aromatic N) is 2. The van der Waals surface area contributed by atoms with Gasteiger partial charge in [0.2, 0.25) is 10.0 Å². The van der Waals surface area contributed by atoms with Gasteiger partial charge in [-0.2, -0.15) is 4.31 Å². The summed E-state index contributed by atoms with van der Waals surface area (Å²) in [5, 5.41) is 0. The number of rotatable bonds is 7. The maximum atomic E-state index is 12.9. The lowest BCUT2D eigenvalue weighted by molar-refractivity contribution is 0.384. The second-order valence-electron chi connectivity index (χ2n) is 6.84. The zero-order valence-corrected chi connectivity index (χ0v) is 16.9. The maximum Gasteiger partial charge on any atom is 0.243 e. The molecule has 0 aromatic heterocycles. The molecule has 27 heavy (non-hydrogen) atoms. The number of anilines is 1. The number of aryl methyl sites for hydroxylation is 1. The molecular formula is C21H28N2O3S. The third-order valence-corrected chi connectivity index (χ3v) is 6.97. The Kier molecular flexibility index (Phi) is 6.39. The summed E-state index contributed by atoms with van der Waals surface area (Å²) in [4.78, 5) is 2.60. The van der Waals surface area contributed by atoms with E-state index >= 15 is 0 Å². The molecule has 0 aliphatic carbocycles. The van der Waals surface area contributed by atoms with Gasteiger partial charge in [-0.25, -0.2) is 8.42 Å². The average molecular weight is 389 g/mol. The topological polar surface area (TPSA) is 49.9 Å². The highest BCUT2D eigenvalue weighted by molar-refractivity contribution is 7.89. The third kappa shape index (κ3) is 4.62. The molecule has 0 atom stereocenters. The second kappa shape index (κ2) is 8.76. The molecule has 2 aromatic rings. The molecule has 0 saturated carbocycles. The quantitative estimate of drug-likeness (QED) is 0.728. The number of unbranched alkanes of at least 4 members (excludes halogenated alkanes) is 1. The Hall–Kier alpha value is -2.05. The smallest absolute Gasteiger partial charge is 0.243 e. The van der Waals surface area contributed by atoms with Crippen LogP contribution in [0.2, 0.25) is 0 Å². The molecule has 3 rings (SSSR count). The molecule has 2 aromatic carbocycles. The van der Waals surface area contributed by atoms with Crippen LogP contribution in [0.25, 0.3) is 0 Å². The minimum absolute atomic E-state index is 0.389. The van der Waals surface area contributed by atoms with E-state index in [-0.39, 0.29) is 0 Å². The van der Waals surface area contributed by atoms with Crippen molar-refractivity contribution in [3.8, 4) is 5.75 Å². The lowest BCUT2D eigenvalue weighted by Gasteiger charge is -2.35. The van der Waals surface area contributed by atoms with E-state index < -0.39 is 10.0 Å². The van der Waals surface area contributed by atoms with Crippen LogP contribution in [0.3, 0.4) is 0 Å². The molecule has 0 spiro atoms. The van der Waals surface area contributed by atoms with Crippen molar-refractivity contribution in [3.05, 3.63) is 54.1 Å². The SMILES string of the molecule is CCCCc1ccc(S(=O)(=O)N2CCN(c3ccc(OC)cc3)CC2)cc1. The van der Waals surface area contributed by atoms with Crippen LogP contribution in [0, 0.1) is 0 Å². The van der Waals surface area contributed by atoms with Crippen LogP contribution < -0.4 is 9.64 Å². The highest BCUT2D eigenvalue weighted by Gasteiger charge is 2.28.